The number of anilines is 1. The van der Waals surface area contributed by atoms with Crippen LogP contribution in [0.15, 0.2) is 35.9 Å². The Bertz CT molecular complexity index is 725. The standard InChI is InChI=1S/C15H14N4OS/c1-18(14(20)8-11-6-7-19(9-11)10-16)15-17-12-4-2-3-5-13(12)21-15/h2-5,8H,6-7,9H2,1H3/b11-8+. The van der Waals surface area contributed by atoms with Crippen LogP contribution in [0.3, 0.4) is 0 Å². The fraction of sp³-hybridized carbons (Fsp3) is 0.267. The smallest absolute Gasteiger partial charge is 0.252 e. The van der Waals surface area contributed by atoms with E-state index in [9.17, 15) is 4.79 Å². The molecular formula is C15H14N4OS. The largest absolute Gasteiger partial charge is 0.306 e. The first kappa shape index (κ1) is 13.6. The molecule has 1 aromatic heterocycles. The summed E-state index contributed by atoms with van der Waals surface area (Å²) in [5, 5.41) is 9.52. The second-order valence-electron chi connectivity index (χ2n) is 4.94. The summed E-state index contributed by atoms with van der Waals surface area (Å²) >= 11 is 1.50. The van der Waals surface area contributed by atoms with Crippen molar-refractivity contribution in [2.75, 3.05) is 25.0 Å². The number of likely N-dealkylation sites (tertiary alicyclic amines) is 1. The van der Waals surface area contributed by atoms with Crippen LogP contribution in [0.1, 0.15) is 6.42 Å². The number of para-hydroxylation sites is 1. The number of carbonyl (C=O) groups is 1. The van der Waals surface area contributed by atoms with Crippen molar-refractivity contribution in [3.8, 4) is 6.19 Å². The second-order valence-corrected chi connectivity index (χ2v) is 5.94. The highest BCUT2D eigenvalue weighted by Crippen LogP contribution is 2.28. The molecular weight excluding hydrogens is 284 g/mol. The maximum Gasteiger partial charge on any atom is 0.252 e. The van der Waals surface area contributed by atoms with E-state index in [2.05, 4.69) is 11.2 Å². The first-order valence-electron chi connectivity index (χ1n) is 6.65. The fourth-order valence-corrected chi connectivity index (χ4v) is 3.19. The van der Waals surface area contributed by atoms with Gasteiger partial charge in [0.05, 0.1) is 10.2 Å². The molecule has 0 atom stereocenters. The van der Waals surface area contributed by atoms with Crippen LogP contribution in [0.2, 0.25) is 0 Å². The number of nitrogens with zero attached hydrogens (tertiary/aromatic N) is 4. The molecule has 0 radical (unpaired) electrons. The molecule has 0 unspecified atom stereocenters. The predicted molar refractivity (Wildman–Crippen MR) is 82.9 cm³/mol. The molecule has 1 aromatic carbocycles. The molecule has 1 aliphatic rings. The van der Waals surface area contributed by atoms with Crippen LogP contribution in [-0.2, 0) is 4.79 Å². The number of rotatable bonds is 2. The Kier molecular flexibility index (Phi) is 3.59. The van der Waals surface area contributed by atoms with Gasteiger partial charge in [0.2, 0.25) is 0 Å². The van der Waals surface area contributed by atoms with Gasteiger partial charge in [-0.25, -0.2) is 4.98 Å². The summed E-state index contributed by atoms with van der Waals surface area (Å²) in [7, 11) is 1.73. The van der Waals surface area contributed by atoms with Crippen molar-refractivity contribution >= 4 is 32.6 Å². The monoisotopic (exact) mass is 298 g/mol. The lowest BCUT2D eigenvalue weighted by Gasteiger charge is -2.11. The minimum atomic E-state index is -0.0937. The number of aromatic nitrogens is 1. The van der Waals surface area contributed by atoms with Crippen LogP contribution in [0.25, 0.3) is 10.2 Å². The second kappa shape index (κ2) is 5.54. The molecule has 1 aliphatic heterocycles. The van der Waals surface area contributed by atoms with E-state index >= 15 is 0 Å². The third-order valence-electron chi connectivity index (χ3n) is 3.47. The lowest BCUT2D eigenvalue weighted by molar-refractivity contribution is -0.113. The molecule has 0 aliphatic carbocycles. The number of likely N-dealkylation sites (N-methyl/N-ethyl adjacent to an activating group) is 1. The van der Waals surface area contributed by atoms with E-state index in [1.807, 2.05) is 24.3 Å². The van der Waals surface area contributed by atoms with E-state index in [1.54, 1.807) is 22.9 Å². The highest BCUT2D eigenvalue weighted by Gasteiger charge is 2.18. The number of hydrogen-bond acceptors (Lipinski definition) is 5. The zero-order valence-electron chi connectivity index (χ0n) is 11.6. The highest BCUT2D eigenvalue weighted by molar-refractivity contribution is 7.22. The molecule has 0 bridgehead atoms. The third kappa shape index (κ3) is 2.73. The Balaban J connectivity index is 1.78. The minimum Gasteiger partial charge on any atom is -0.306 e. The van der Waals surface area contributed by atoms with E-state index in [1.165, 1.54) is 11.3 Å². The molecule has 0 spiro atoms. The average Bonchev–Trinajstić information content (AvgIpc) is 3.12. The van der Waals surface area contributed by atoms with Crippen molar-refractivity contribution < 1.29 is 4.79 Å². The van der Waals surface area contributed by atoms with Gasteiger partial charge in [0.15, 0.2) is 11.3 Å². The van der Waals surface area contributed by atoms with E-state index in [-0.39, 0.29) is 5.91 Å². The Hall–Kier alpha value is -2.39. The van der Waals surface area contributed by atoms with Crippen molar-refractivity contribution in [2.24, 2.45) is 0 Å². The van der Waals surface area contributed by atoms with Crippen LogP contribution in [0.5, 0.6) is 0 Å². The van der Waals surface area contributed by atoms with Crippen LogP contribution in [0.4, 0.5) is 5.13 Å². The van der Waals surface area contributed by atoms with Crippen LogP contribution in [0, 0.1) is 11.5 Å². The summed E-state index contributed by atoms with van der Waals surface area (Å²) in [5.74, 6) is -0.0937. The van der Waals surface area contributed by atoms with Crippen molar-refractivity contribution in [1.29, 1.82) is 5.26 Å². The number of hydrogen-bond donors (Lipinski definition) is 0. The van der Waals surface area contributed by atoms with Gasteiger partial charge in [0.1, 0.15) is 0 Å². The van der Waals surface area contributed by atoms with Crippen LogP contribution >= 0.6 is 11.3 Å². The molecule has 1 saturated heterocycles. The quantitative estimate of drug-likeness (QED) is 0.631. The average molecular weight is 298 g/mol. The zero-order chi connectivity index (χ0) is 14.8. The number of amides is 1. The maximum atomic E-state index is 12.3. The first-order chi connectivity index (χ1) is 10.2. The van der Waals surface area contributed by atoms with Crippen LogP contribution in [-0.4, -0.2) is 35.9 Å². The van der Waals surface area contributed by atoms with Gasteiger partial charge < -0.3 is 4.90 Å². The van der Waals surface area contributed by atoms with Gasteiger partial charge in [0.25, 0.3) is 5.91 Å². The molecule has 0 saturated carbocycles. The number of nitriles is 1. The van der Waals surface area contributed by atoms with Gasteiger partial charge in [-0.3, -0.25) is 9.69 Å². The van der Waals surface area contributed by atoms with Gasteiger partial charge in [-0.2, -0.15) is 5.26 Å². The summed E-state index contributed by atoms with van der Waals surface area (Å²) in [6, 6.07) is 7.83. The van der Waals surface area contributed by atoms with Crippen molar-refractivity contribution in [3.63, 3.8) is 0 Å². The molecule has 0 N–H and O–H groups in total. The fourth-order valence-electron chi connectivity index (χ4n) is 2.25. The summed E-state index contributed by atoms with van der Waals surface area (Å²) in [5.41, 5.74) is 1.90. The van der Waals surface area contributed by atoms with E-state index < -0.39 is 0 Å². The summed E-state index contributed by atoms with van der Waals surface area (Å²) < 4.78 is 1.07. The van der Waals surface area contributed by atoms with Crippen LogP contribution < -0.4 is 4.90 Å². The third-order valence-corrected chi connectivity index (χ3v) is 4.58. The first-order valence-corrected chi connectivity index (χ1v) is 7.46. The molecule has 106 valence electrons. The maximum absolute atomic E-state index is 12.3. The van der Waals surface area contributed by atoms with Gasteiger partial charge in [0, 0.05) is 26.2 Å². The highest BCUT2D eigenvalue weighted by atomic mass is 32.1. The zero-order valence-corrected chi connectivity index (χ0v) is 12.4. The molecule has 5 nitrogen and oxygen atoms in total. The van der Waals surface area contributed by atoms with Gasteiger partial charge in [-0.05, 0) is 24.1 Å². The van der Waals surface area contributed by atoms with Gasteiger partial charge in [-0.15, -0.1) is 0 Å². The molecule has 3 rings (SSSR count). The van der Waals surface area contributed by atoms with E-state index in [4.69, 9.17) is 5.26 Å². The summed E-state index contributed by atoms with van der Waals surface area (Å²) in [4.78, 5) is 20.0. The Morgan fingerprint density at radius 1 is 1.52 bits per heavy atom. The Morgan fingerprint density at radius 3 is 3.05 bits per heavy atom. The SMILES string of the molecule is CN(C(=O)/C=C1\CCN(C#N)C1)c1nc2ccccc2s1. The summed E-state index contributed by atoms with van der Waals surface area (Å²) in [6.45, 7) is 1.25. The lowest BCUT2D eigenvalue weighted by Crippen LogP contribution is -2.24. The molecule has 2 heterocycles. The molecule has 21 heavy (non-hydrogen) atoms. The minimum absolute atomic E-state index is 0.0937. The molecule has 2 aromatic rings. The summed E-state index contributed by atoms with van der Waals surface area (Å²) in [6.07, 6.45) is 4.50. The molecule has 1 amide bonds. The van der Waals surface area contributed by atoms with E-state index in [0.29, 0.717) is 18.2 Å². The Labute approximate surface area is 126 Å². The van der Waals surface area contributed by atoms with E-state index in [0.717, 1.165) is 22.2 Å². The Morgan fingerprint density at radius 2 is 2.33 bits per heavy atom. The number of thiazole rings is 1. The predicted octanol–water partition coefficient (Wildman–Crippen LogP) is 2.37. The van der Waals surface area contributed by atoms with Gasteiger partial charge >= 0.3 is 0 Å². The van der Waals surface area contributed by atoms with Crippen molar-refractivity contribution in [3.05, 3.63) is 35.9 Å². The number of carbonyl (C=O) groups excluding carboxylic acids is 1. The molecule has 6 heteroatoms. The number of fused-ring (bicyclic) bond motifs is 1. The lowest BCUT2D eigenvalue weighted by atomic mass is 10.2. The molecule has 1 fully saturated rings. The van der Waals surface area contributed by atoms with Crippen molar-refractivity contribution in [2.45, 2.75) is 6.42 Å². The number of benzene rings is 1. The van der Waals surface area contributed by atoms with Crippen molar-refractivity contribution in [1.82, 2.24) is 9.88 Å². The topological polar surface area (TPSA) is 60.2 Å². The normalized spacial score (nSPS) is 16.4. The van der Waals surface area contributed by atoms with Gasteiger partial charge in [-0.1, -0.05) is 23.5 Å².